The van der Waals surface area contributed by atoms with E-state index in [-0.39, 0.29) is 5.91 Å². The molecule has 0 aromatic heterocycles. The number of carbonyl (C=O) groups excluding carboxylic acids is 1. The highest BCUT2D eigenvalue weighted by Gasteiger charge is 2.33. The quantitative estimate of drug-likeness (QED) is 0.843. The summed E-state index contributed by atoms with van der Waals surface area (Å²) in [6.07, 6.45) is 1.16. The van der Waals surface area contributed by atoms with Crippen molar-refractivity contribution >= 4 is 17.3 Å². The first kappa shape index (κ1) is 14.4. The van der Waals surface area contributed by atoms with Gasteiger partial charge in [0.1, 0.15) is 6.04 Å². The first-order valence-corrected chi connectivity index (χ1v) is 7.61. The normalized spacial score (nSPS) is 27.0. The SMILES string of the molecule is CC1CN(C)CCCN1c1ccc2c(c1)N(C)C(=O)C2N. The van der Waals surface area contributed by atoms with Crippen LogP contribution in [0.5, 0.6) is 0 Å². The smallest absolute Gasteiger partial charge is 0.248 e. The fourth-order valence-corrected chi connectivity index (χ4v) is 3.48. The summed E-state index contributed by atoms with van der Waals surface area (Å²) in [5.74, 6) is -0.0224. The molecule has 2 N–H and O–H groups in total. The van der Waals surface area contributed by atoms with Crippen molar-refractivity contribution < 1.29 is 4.79 Å². The Labute approximate surface area is 126 Å². The molecule has 1 saturated heterocycles. The van der Waals surface area contributed by atoms with Crippen LogP contribution >= 0.6 is 0 Å². The van der Waals surface area contributed by atoms with E-state index in [1.54, 1.807) is 11.9 Å². The van der Waals surface area contributed by atoms with Gasteiger partial charge in [-0.1, -0.05) is 6.07 Å². The van der Waals surface area contributed by atoms with Gasteiger partial charge in [-0.25, -0.2) is 0 Å². The minimum absolute atomic E-state index is 0.0224. The molecule has 2 unspecified atom stereocenters. The number of nitrogens with zero attached hydrogens (tertiary/aromatic N) is 3. The Kier molecular flexibility index (Phi) is 3.63. The highest BCUT2D eigenvalue weighted by atomic mass is 16.2. The molecule has 0 spiro atoms. The number of amides is 1. The third-order valence-electron chi connectivity index (χ3n) is 4.69. The zero-order valence-corrected chi connectivity index (χ0v) is 13.0. The van der Waals surface area contributed by atoms with Crippen LogP contribution < -0.4 is 15.5 Å². The number of anilines is 2. The second-order valence-corrected chi connectivity index (χ2v) is 6.28. The molecule has 0 bridgehead atoms. The third-order valence-corrected chi connectivity index (χ3v) is 4.69. The predicted molar refractivity (Wildman–Crippen MR) is 85.7 cm³/mol. The number of carbonyl (C=O) groups is 1. The van der Waals surface area contributed by atoms with Gasteiger partial charge in [0.25, 0.3) is 0 Å². The second kappa shape index (κ2) is 5.31. The Balaban J connectivity index is 1.92. The van der Waals surface area contributed by atoms with Gasteiger partial charge in [0.15, 0.2) is 0 Å². The van der Waals surface area contributed by atoms with Crippen LogP contribution in [0.25, 0.3) is 0 Å². The molecule has 1 fully saturated rings. The summed E-state index contributed by atoms with van der Waals surface area (Å²) in [4.78, 5) is 18.5. The number of nitrogens with two attached hydrogens (primary N) is 1. The van der Waals surface area contributed by atoms with Crippen molar-refractivity contribution in [3.05, 3.63) is 23.8 Å². The molecule has 3 rings (SSSR count). The Morgan fingerprint density at radius 1 is 1.24 bits per heavy atom. The van der Waals surface area contributed by atoms with E-state index in [9.17, 15) is 4.79 Å². The van der Waals surface area contributed by atoms with E-state index in [2.05, 4.69) is 35.9 Å². The Morgan fingerprint density at radius 2 is 2.00 bits per heavy atom. The summed E-state index contributed by atoms with van der Waals surface area (Å²) >= 11 is 0. The molecule has 1 amide bonds. The summed E-state index contributed by atoms with van der Waals surface area (Å²) in [5.41, 5.74) is 9.04. The van der Waals surface area contributed by atoms with Crippen LogP contribution in [0.3, 0.4) is 0 Å². The van der Waals surface area contributed by atoms with Crippen molar-refractivity contribution in [3.8, 4) is 0 Å². The number of fused-ring (bicyclic) bond motifs is 1. The topological polar surface area (TPSA) is 52.8 Å². The molecule has 2 heterocycles. The van der Waals surface area contributed by atoms with Crippen LogP contribution in [0.1, 0.15) is 24.9 Å². The van der Waals surface area contributed by atoms with E-state index in [4.69, 9.17) is 5.73 Å². The van der Waals surface area contributed by atoms with Crippen molar-refractivity contribution in [2.45, 2.75) is 25.4 Å². The Hall–Kier alpha value is -1.59. The molecule has 114 valence electrons. The first-order chi connectivity index (χ1) is 9.99. The monoisotopic (exact) mass is 288 g/mol. The maximum atomic E-state index is 12.0. The van der Waals surface area contributed by atoms with Gasteiger partial charge in [-0.3, -0.25) is 4.79 Å². The van der Waals surface area contributed by atoms with Crippen molar-refractivity contribution in [1.29, 1.82) is 0 Å². The Bertz CT molecular complexity index is 559. The van der Waals surface area contributed by atoms with E-state index in [1.807, 2.05) is 6.07 Å². The second-order valence-electron chi connectivity index (χ2n) is 6.28. The molecule has 1 aromatic rings. The van der Waals surface area contributed by atoms with Crippen LogP contribution in [0.4, 0.5) is 11.4 Å². The zero-order chi connectivity index (χ0) is 15.1. The molecule has 2 atom stereocenters. The average molecular weight is 288 g/mol. The summed E-state index contributed by atoms with van der Waals surface area (Å²) in [5, 5.41) is 0. The van der Waals surface area contributed by atoms with Gasteiger partial charge in [-0.2, -0.15) is 0 Å². The number of likely N-dealkylation sites (N-methyl/N-ethyl adjacent to an activating group) is 2. The van der Waals surface area contributed by atoms with E-state index >= 15 is 0 Å². The van der Waals surface area contributed by atoms with Crippen LogP contribution in [0.2, 0.25) is 0 Å². The lowest BCUT2D eigenvalue weighted by molar-refractivity contribution is -0.118. The molecule has 21 heavy (non-hydrogen) atoms. The average Bonchev–Trinajstić information content (AvgIpc) is 2.61. The maximum absolute atomic E-state index is 12.0. The molecule has 0 saturated carbocycles. The number of hydrogen-bond acceptors (Lipinski definition) is 4. The Morgan fingerprint density at radius 3 is 2.76 bits per heavy atom. The lowest BCUT2D eigenvalue weighted by Crippen LogP contribution is -2.38. The summed E-state index contributed by atoms with van der Waals surface area (Å²) in [6.45, 7) is 5.50. The van der Waals surface area contributed by atoms with Crippen LogP contribution in [-0.4, -0.2) is 50.6 Å². The fraction of sp³-hybridized carbons (Fsp3) is 0.562. The number of hydrogen-bond donors (Lipinski definition) is 1. The maximum Gasteiger partial charge on any atom is 0.248 e. The number of benzene rings is 1. The van der Waals surface area contributed by atoms with Gasteiger partial charge < -0.3 is 20.4 Å². The van der Waals surface area contributed by atoms with Crippen molar-refractivity contribution in [2.75, 3.05) is 43.5 Å². The molecule has 2 aliphatic rings. The molecule has 0 aliphatic carbocycles. The minimum atomic E-state index is -0.508. The molecule has 1 aromatic carbocycles. The molecular weight excluding hydrogens is 264 g/mol. The van der Waals surface area contributed by atoms with Crippen LogP contribution in [0.15, 0.2) is 18.2 Å². The van der Waals surface area contributed by atoms with E-state index in [1.165, 1.54) is 5.69 Å². The summed E-state index contributed by atoms with van der Waals surface area (Å²) in [6, 6.07) is 6.19. The largest absolute Gasteiger partial charge is 0.367 e. The van der Waals surface area contributed by atoms with E-state index in [0.29, 0.717) is 6.04 Å². The molecular formula is C16H24N4O. The van der Waals surface area contributed by atoms with Gasteiger partial charge >= 0.3 is 0 Å². The van der Waals surface area contributed by atoms with Crippen LogP contribution in [0, 0.1) is 0 Å². The highest BCUT2D eigenvalue weighted by Crippen LogP contribution is 2.37. The van der Waals surface area contributed by atoms with E-state index < -0.39 is 6.04 Å². The summed E-state index contributed by atoms with van der Waals surface area (Å²) in [7, 11) is 3.98. The lowest BCUT2D eigenvalue weighted by Gasteiger charge is -2.30. The third kappa shape index (κ3) is 2.40. The molecule has 2 aliphatic heterocycles. The van der Waals surface area contributed by atoms with E-state index in [0.717, 1.165) is 37.3 Å². The molecule has 0 radical (unpaired) electrons. The molecule has 5 heteroatoms. The van der Waals surface area contributed by atoms with Crippen molar-refractivity contribution in [3.63, 3.8) is 0 Å². The predicted octanol–water partition coefficient (Wildman–Crippen LogP) is 1.19. The first-order valence-electron chi connectivity index (χ1n) is 7.61. The summed E-state index contributed by atoms with van der Waals surface area (Å²) < 4.78 is 0. The fourth-order valence-electron chi connectivity index (χ4n) is 3.48. The highest BCUT2D eigenvalue weighted by molar-refractivity contribution is 6.04. The molecule has 5 nitrogen and oxygen atoms in total. The van der Waals surface area contributed by atoms with Gasteiger partial charge in [-0.15, -0.1) is 0 Å². The minimum Gasteiger partial charge on any atom is -0.367 e. The van der Waals surface area contributed by atoms with Crippen molar-refractivity contribution in [1.82, 2.24) is 4.90 Å². The zero-order valence-electron chi connectivity index (χ0n) is 13.0. The van der Waals surface area contributed by atoms with Crippen LogP contribution in [-0.2, 0) is 4.79 Å². The van der Waals surface area contributed by atoms with Gasteiger partial charge in [0.05, 0.1) is 5.69 Å². The number of rotatable bonds is 1. The van der Waals surface area contributed by atoms with Gasteiger partial charge in [0, 0.05) is 37.4 Å². The standard InChI is InChI=1S/C16H24N4O/c1-11-10-18(2)7-4-8-20(11)12-5-6-13-14(9-12)19(3)16(21)15(13)17/h5-6,9,11,15H,4,7-8,10,17H2,1-3H3. The van der Waals surface area contributed by atoms with Gasteiger partial charge in [-0.05, 0) is 39.1 Å². The lowest BCUT2D eigenvalue weighted by atomic mass is 10.1. The van der Waals surface area contributed by atoms with Crippen molar-refractivity contribution in [2.24, 2.45) is 5.73 Å². The van der Waals surface area contributed by atoms with Gasteiger partial charge in [0.2, 0.25) is 5.91 Å².